The average molecular weight is 343 g/mol. The topological polar surface area (TPSA) is 38.8 Å². The first-order chi connectivity index (χ1) is 11.4. The Morgan fingerprint density at radius 2 is 2.08 bits per heavy atom. The van der Waals surface area contributed by atoms with Crippen molar-refractivity contribution in [3.05, 3.63) is 35.4 Å². The number of alkyl halides is 3. The molecule has 0 radical (unpaired) electrons. The third kappa shape index (κ3) is 3.02. The molecule has 0 saturated carbocycles. The third-order valence-electron chi connectivity index (χ3n) is 4.95. The summed E-state index contributed by atoms with van der Waals surface area (Å²) in [6.45, 7) is 1.26. The summed E-state index contributed by atoms with van der Waals surface area (Å²) in [5.41, 5.74) is -1.63. The number of benzene rings is 1. The quantitative estimate of drug-likeness (QED) is 0.828. The molecule has 2 atom stereocenters. The van der Waals surface area contributed by atoms with Crippen molar-refractivity contribution in [3.63, 3.8) is 0 Å². The number of nitrogens with zero attached hydrogens (tertiary/aromatic N) is 1. The minimum absolute atomic E-state index is 0.238. The van der Waals surface area contributed by atoms with E-state index in [1.165, 1.54) is 23.1 Å². The van der Waals surface area contributed by atoms with Crippen LogP contribution in [0.3, 0.4) is 0 Å². The number of likely N-dealkylation sites (tertiary alicyclic amines) is 1. The van der Waals surface area contributed by atoms with E-state index in [0.29, 0.717) is 19.6 Å². The number of amides is 1. The molecule has 1 aromatic rings. The largest absolute Gasteiger partial charge is 0.417 e. The summed E-state index contributed by atoms with van der Waals surface area (Å²) in [7, 11) is 1.55. The lowest BCUT2D eigenvalue weighted by Crippen LogP contribution is -2.57. The van der Waals surface area contributed by atoms with Crippen LogP contribution in [-0.4, -0.2) is 49.3 Å². The molecule has 2 saturated heterocycles. The number of ether oxygens (including phenoxy) is 2. The van der Waals surface area contributed by atoms with E-state index in [2.05, 4.69) is 0 Å². The molecule has 3 rings (SSSR count). The molecular formula is C17H20F3NO3. The number of hydrogen-bond donors (Lipinski definition) is 0. The molecule has 24 heavy (non-hydrogen) atoms. The zero-order valence-corrected chi connectivity index (χ0v) is 13.4. The van der Waals surface area contributed by atoms with Crippen LogP contribution >= 0.6 is 0 Å². The summed E-state index contributed by atoms with van der Waals surface area (Å²) in [6, 6.07) is 4.90. The van der Waals surface area contributed by atoms with E-state index in [-0.39, 0.29) is 18.2 Å². The van der Waals surface area contributed by atoms with Crippen molar-refractivity contribution >= 4 is 5.91 Å². The molecule has 4 nitrogen and oxygen atoms in total. The number of piperidine rings is 1. The number of hydrogen-bond acceptors (Lipinski definition) is 3. The minimum atomic E-state index is -4.56. The Labute approximate surface area is 138 Å². The second-order valence-corrected chi connectivity index (χ2v) is 6.29. The SMILES string of the molecule is CO[C@H]1CN(C(=O)c2ccccc2C(F)(F)F)CC[C@@]12CCCO2. The normalized spacial score (nSPS) is 27.7. The Kier molecular flexibility index (Phi) is 4.57. The molecule has 2 heterocycles. The molecule has 0 bridgehead atoms. The summed E-state index contributed by atoms with van der Waals surface area (Å²) in [4.78, 5) is 14.1. The number of methoxy groups -OCH3 is 1. The van der Waals surface area contributed by atoms with Gasteiger partial charge in [-0.05, 0) is 31.4 Å². The Morgan fingerprint density at radius 3 is 2.71 bits per heavy atom. The molecule has 1 aromatic carbocycles. The van der Waals surface area contributed by atoms with Crippen molar-refractivity contribution in [2.24, 2.45) is 0 Å². The molecule has 0 aliphatic carbocycles. The van der Waals surface area contributed by atoms with Gasteiger partial charge >= 0.3 is 6.18 Å². The molecule has 1 spiro atoms. The van der Waals surface area contributed by atoms with E-state index in [1.54, 1.807) is 7.11 Å². The molecule has 2 aliphatic rings. The van der Waals surface area contributed by atoms with Gasteiger partial charge in [0.15, 0.2) is 0 Å². The average Bonchev–Trinajstić information content (AvgIpc) is 3.03. The van der Waals surface area contributed by atoms with E-state index in [1.807, 2.05) is 0 Å². The fourth-order valence-electron chi connectivity index (χ4n) is 3.67. The first-order valence-corrected chi connectivity index (χ1v) is 8.00. The standard InChI is InChI=1S/C17H20F3NO3/c1-23-14-11-21(9-8-16(14)7-4-10-24-16)15(22)12-5-2-3-6-13(12)17(18,19)20/h2-3,5-6,14H,4,7-11H2,1H3/t14-,16-/m0/s1. The van der Waals surface area contributed by atoms with Crippen LogP contribution in [0.15, 0.2) is 24.3 Å². The van der Waals surface area contributed by atoms with Gasteiger partial charge in [-0.3, -0.25) is 4.79 Å². The summed E-state index contributed by atoms with van der Waals surface area (Å²) < 4.78 is 50.8. The summed E-state index contributed by atoms with van der Waals surface area (Å²) in [6.07, 6.45) is -2.52. The molecule has 132 valence electrons. The lowest BCUT2D eigenvalue weighted by atomic mass is 9.85. The Balaban J connectivity index is 1.82. The maximum atomic E-state index is 13.1. The predicted octanol–water partition coefficient (Wildman–Crippen LogP) is 3.12. The van der Waals surface area contributed by atoms with Crippen LogP contribution < -0.4 is 0 Å². The molecule has 7 heteroatoms. The van der Waals surface area contributed by atoms with Gasteiger partial charge in [0.25, 0.3) is 5.91 Å². The van der Waals surface area contributed by atoms with E-state index < -0.39 is 23.2 Å². The highest BCUT2D eigenvalue weighted by atomic mass is 19.4. The van der Waals surface area contributed by atoms with E-state index in [0.717, 1.165) is 18.9 Å². The molecular weight excluding hydrogens is 323 g/mol. The first kappa shape index (κ1) is 17.2. The van der Waals surface area contributed by atoms with E-state index >= 15 is 0 Å². The van der Waals surface area contributed by atoms with Crippen LogP contribution in [0.4, 0.5) is 13.2 Å². The van der Waals surface area contributed by atoms with Gasteiger partial charge in [-0.2, -0.15) is 13.2 Å². The van der Waals surface area contributed by atoms with Crippen molar-refractivity contribution < 1.29 is 27.4 Å². The van der Waals surface area contributed by atoms with Crippen LogP contribution in [0.5, 0.6) is 0 Å². The second-order valence-electron chi connectivity index (χ2n) is 6.29. The third-order valence-corrected chi connectivity index (χ3v) is 4.95. The second kappa shape index (κ2) is 6.37. The highest BCUT2D eigenvalue weighted by molar-refractivity contribution is 5.96. The summed E-state index contributed by atoms with van der Waals surface area (Å²) in [5.74, 6) is -0.613. The van der Waals surface area contributed by atoms with E-state index in [4.69, 9.17) is 9.47 Å². The van der Waals surface area contributed by atoms with Gasteiger partial charge < -0.3 is 14.4 Å². The lowest BCUT2D eigenvalue weighted by Gasteiger charge is -2.44. The van der Waals surface area contributed by atoms with Crippen molar-refractivity contribution in [2.45, 2.75) is 37.1 Å². The number of carbonyl (C=O) groups is 1. The zero-order valence-electron chi connectivity index (χ0n) is 13.4. The minimum Gasteiger partial charge on any atom is -0.377 e. The van der Waals surface area contributed by atoms with Crippen LogP contribution in [0, 0.1) is 0 Å². The molecule has 2 fully saturated rings. The monoisotopic (exact) mass is 343 g/mol. The van der Waals surface area contributed by atoms with Gasteiger partial charge in [0.05, 0.1) is 16.7 Å². The van der Waals surface area contributed by atoms with Gasteiger partial charge in [0.1, 0.15) is 6.10 Å². The Morgan fingerprint density at radius 1 is 1.33 bits per heavy atom. The maximum absolute atomic E-state index is 13.1. The highest BCUT2D eigenvalue weighted by Crippen LogP contribution is 2.38. The van der Waals surface area contributed by atoms with Gasteiger partial charge in [-0.1, -0.05) is 12.1 Å². The van der Waals surface area contributed by atoms with Crippen LogP contribution in [0.25, 0.3) is 0 Å². The van der Waals surface area contributed by atoms with Gasteiger partial charge in [-0.15, -0.1) is 0 Å². The van der Waals surface area contributed by atoms with Gasteiger partial charge in [0, 0.05) is 26.8 Å². The van der Waals surface area contributed by atoms with Crippen LogP contribution in [0.1, 0.15) is 35.2 Å². The number of rotatable bonds is 2. The molecule has 0 aromatic heterocycles. The first-order valence-electron chi connectivity index (χ1n) is 8.00. The van der Waals surface area contributed by atoms with Crippen LogP contribution in [-0.2, 0) is 15.7 Å². The van der Waals surface area contributed by atoms with Crippen molar-refractivity contribution in [2.75, 3.05) is 26.8 Å². The smallest absolute Gasteiger partial charge is 0.377 e. The highest BCUT2D eigenvalue weighted by Gasteiger charge is 2.48. The van der Waals surface area contributed by atoms with Crippen molar-refractivity contribution in [1.29, 1.82) is 0 Å². The lowest BCUT2D eigenvalue weighted by molar-refractivity contribution is -0.140. The Bertz CT molecular complexity index is 611. The Hall–Kier alpha value is -1.60. The van der Waals surface area contributed by atoms with E-state index in [9.17, 15) is 18.0 Å². The summed E-state index contributed by atoms with van der Waals surface area (Å²) in [5, 5.41) is 0. The summed E-state index contributed by atoms with van der Waals surface area (Å²) >= 11 is 0. The number of carbonyl (C=O) groups excluding carboxylic acids is 1. The maximum Gasteiger partial charge on any atom is 0.417 e. The van der Waals surface area contributed by atoms with Gasteiger partial charge in [-0.25, -0.2) is 0 Å². The molecule has 2 aliphatic heterocycles. The fraction of sp³-hybridized carbons (Fsp3) is 0.588. The predicted molar refractivity (Wildman–Crippen MR) is 80.7 cm³/mol. The van der Waals surface area contributed by atoms with Gasteiger partial charge in [0.2, 0.25) is 0 Å². The molecule has 0 N–H and O–H groups in total. The molecule has 1 amide bonds. The number of halogens is 3. The zero-order chi connectivity index (χ0) is 17.4. The van der Waals surface area contributed by atoms with Crippen molar-refractivity contribution in [1.82, 2.24) is 4.90 Å². The molecule has 0 unspecified atom stereocenters. The fourth-order valence-corrected chi connectivity index (χ4v) is 3.67. The van der Waals surface area contributed by atoms with Crippen LogP contribution in [0.2, 0.25) is 0 Å². The van der Waals surface area contributed by atoms with Crippen molar-refractivity contribution in [3.8, 4) is 0 Å².